The van der Waals surface area contributed by atoms with Gasteiger partial charge in [0.2, 0.25) is 0 Å². The van der Waals surface area contributed by atoms with Crippen molar-refractivity contribution in [2.75, 3.05) is 9.80 Å². The third-order valence-corrected chi connectivity index (χ3v) is 5.33. The second-order valence-electron chi connectivity index (χ2n) is 8.88. The van der Waals surface area contributed by atoms with E-state index in [2.05, 4.69) is 108 Å². The van der Waals surface area contributed by atoms with Crippen LogP contribution >= 0.6 is 0 Å². The Morgan fingerprint density at radius 3 is 1.54 bits per heavy atom. The summed E-state index contributed by atoms with van der Waals surface area (Å²) < 4.78 is 0. The lowest BCUT2D eigenvalue weighted by Crippen LogP contribution is -2.38. The van der Waals surface area contributed by atoms with Gasteiger partial charge < -0.3 is 9.80 Å². The van der Waals surface area contributed by atoms with Crippen LogP contribution in [0.4, 0.5) is 17.1 Å². The van der Waals surface area contributed by atoms with Crippen molar-refractivity contribution >= 4 is 27.8 Å². The smallest absolute Gasteiger partial charge is 0.115 e. The minimum Gasteiger partial charge on any atom is -0.363 e. The molecule has 0 atom stereocenters. The first kappa shape index (κ1) is 20.4. The van der Waals surface area contributed by atoms with Gasteiger partial charge in [0.1, 0.15) is 5.36 Å². The van der Waals surface area contributed by atoms with E-state index in [0.29, 0.717) is 24.2 Å². The summed E-state index contributed by atoms with van der Waals surface area (Å²) in [5.41, 5.74) is 3.67. The van der Waals surface area contributed by atoms with Crippen molar-refractivity contribution in [3.63, 3.8) is 0 Å². The van der Waals surface area contributed by atoms with E-state index in [1.54, 1.807) is 0 Å². The zero-order valence-corrected chi connectivity index (χ0v) is 18.7. The minimum absolute atomic E-state index is 0.440. The van der Waals surface area contributed by atoms with Crippen LogP contribution in [0.3, 0.4) is 0 Å². The van der Waals surface area contributed by atoms with Crippen LogP contribution in [0.5, 0.6) is 0 Å². The average molecular weight is 378 g/mol. The molecule has 3 nitrogen and oxygen atoms in total. The molecule has 0 N–H and O–H groups in total. The molecular formula is C25H35N3. The second-order valence-corrected chi connectivity index (χ2v) is 8.88. The van der Waals surface area contributed by atoms with E-state index in [1.807, 2.05) is 0 Å². The Bertz CT molecular complexity index is 904. The lowest BCUT2D eigenvalue weighted by atomic mass is 10.1. The monoisotopic (exact) mass is 377 g/mol. The van der Waals surface area contributed by atoms with Gasteiger partial charge in [0.05, 0.1) is 17.1 Å². The molecule has 0 bridgehead atoms. The topological polar surface area (TPSA) is 18.8 Å². The van der Waals surface area contributed by atoms with Gasteiger partial charge in [-0.3, -0.25) is 0 Å². The lowest BCUT2D eigenvalue weighted by Gasteiger charge is -2.33. The zero-order valence-electron chi connectivity index (χ0n) is 18.7. The maximum atomic E-state index is 5.11. The Morgan fingerprint density at radius 1 is 0.607 bits per heavy atom. The fourth-order valence-corrected chi connectivity index (χ4v) is 4.35. The number of rotatable bonds is 7. The quantitative estimate of drug-likeness (QED) is 0.488. The number of benzene rings is 2. The lowest BCUT2D eigenvalue weighted by molar-refractivity contribution is 0.598. The standard InChI is InChI=1S/C25H35N3/c1-16(2)27(17(3)4)24-23(25(24)28(18(5)6)19(7)8)26-22-14-13-20-11-9-10-12-21(20)15-22/h9-19H,1-8H3. The third kappa shape index (κ3) is 3.94. The van der Waals surface area contributed by atoms with Crippen molar-refractivity contribution in [1.82, 2.24) is 0 Å². The molecule has 3 heteroatoms. The predicted molar refractivity (Wildman–Crippen MR) is 123 cm³/mol. The van der Waals surface area contributed by atoms with E-state index in [1.165, 1.54) is 22.1 Å². The summed E-state index contributed by atoms with van der Waals surface area (Å²) in [6.45, 7) is 18.2. The summed E-state index contributed by atoms with van der Waals surface area (Å²) in [5, 5.41) is 3.65. The zero-order chi connectivity index (χ0) is 20.6. The highest BCUT2D eigenvalue weighted by atomic mass is 15.3. The Morgan fingerprint density at radius 2 is 1.07 bits per heavy atom. The molecule has 28 heavy (non-hydrogen) atoms. The highest BCUT2D eigenvalue weighted by Crippen LogP contribution is 2.38. The van der Waals surface area contributed by atoms with Crippen LogP contribution in [0.1, 0.15) is 55.4 Å². The molecule has 0 radical (unpaired) electrons. The molecule has 3 rings (SSSR count). The molecule has 3 aromatic carbocycles. The minimum atomic E-state index is 0.440. The Labute approximate surface area is 170 Å². The van der Waals surface area contributed by atoms with Gasteiger partial charge in [-0.05, 0) is 78.3 Å². The summed E-state index contributed by atoms with van der Waals surface area (Å²) in [5.74, 6) is 0. The molecule has 0 saturated heterocycles. The molecule has 0 aliphatic rings. The van der Waals surface area contributed by atoms with Crippen molar-refractivity contribution in [2.24, 2.45) is 4.99 Å². The maximum absolute atomic E-state index is 5.11. The Hall–Kier alpha value is -2.29. The first-order valence-corrected chi connectivity index (χ1v) is 10.6. The molecular weight excluding hydrogens is 342 g/mol. The van der Waals surface area contributed by atoms with E-state index in [4.69, 9.17) is 4.99 Å². The van der Waals surface area contributed by atoms with E-state index in [-0.39, 0.29) is 0 Å². The van der Waals surface area contributed by atoms with Crippen LogP contribution in [-0.4, -0.2) is 24.2 Å². The van der Waals surface area contributed by atoms with Crippen LogP contribution in [0.2, 0.25) is 0 Å². The predicted octanol–water partition coefficient (Wildman–Crippen LogP) is 6.19. The number of hydrogen-bond acceptors (Lipinski definition) is 3. The molecule has 0 aromatic heterocycles. The second kappa shape index (κ2) is 7.98. The van der Waals surface area contributed by atoms with E-state index in [9.17, 15) is 0 Å². The van der Waals surface area contributed by atoms with E-state index < -0.39 is 0 Å². The van der Waals surface area contributed by atoms with Gasteiger partial charge in [-0.1, -0.05) is 30.3 Å². The molecule has 0 aliphatic heterocycles. The largest absolute Gasteiger partial charge is 0.363 e. The average Bonchev–Trinajstić information content (AvgIpc) is 3.25. The first-order valence-electron chi connectivity index (χ1n) is 10.6. The molecule has 0 spiro atoms. The van der Waals surface area contributed by atoms with Crippen LogP contribution in [-0.2, 0) is 0 Å². The van der Waals surface area contributed by atoms with Gasteiger partial charge in [-0.25, -0.2) is 4.99 Å². The van der Waals surface area contributed by atoms with E-state index >= 15 is 0 Å². The molecule has 0 heterocycles. The third-order valence-electron chi connectivity index (χ3n) is 5.33. The summed E-state index contributed by atoms with van der Waals surface area (Å²) in [6.07, 6.45) is 0. The molecule has 3 aromatic rings. The number of anilines is 2. The van der Waals surface area contributed by atoms with Gasteiger partial charge in [0, 0.05) is 24.2 Å². The Kier molecular flexibility index (Phi) is 5.83. The van der Waals surface area contributed by atoms with Gasteiger partial charge >= 0.3 is 0 Å². The van der Waals surface area contributed by atoms with E-state index in [0.717, 1.165) is 11.0 Å². The van der Waals surface area contributed by atoms with Crippen molar-refractivity contribution in [3.05, 3.63) is 47.8 Å². The summed E-state index contributed by atoms with van der Waals surface area (Å²) >= 11 is 0. The summed E-state index contributed by atoms with van der Waals surface area (Å²) in [7, 11) is 0. The van der Waals surface area contributed by atoms with Gasteiger partial charge in [0.15, 0.2) is 0 Å². The van der Waals surface area contributed by atoms with Crippen LogP contribution in [0.15, 0.2) is 47.5 Å². The SMILES string of the molecule is CC(C)N(c1c(N(C(C)C)C(C)C)c1=Nc1ccc2ccccc2c1)C(C)C. The van der Waals surface area contributed by atoms with Gasteiger partial charge in [0.25, 0.3) is 0 Å². The number of fused-ring (bicyclic) bond motifs is 1. The molecule has 0 unspecified atom stereocenters. The number of hydrogen-bond donors (Lipinski definition) is 0. The van der Waals surface area contributed by atoms with Crippen molar-refractivity contribution in [1.29, 1.82) is 0 Å². The summed E-state index contributed by atoms with van der Waals surface area (Å²) in [4.78, 5) is 10.1. The van der Waals surface area contributed by atoms with Crippen molar-refractivity contribution in [3.8, 4) is 0 Å². The van der Waals surface area contributed by atoms with Crippen LogP contribution in [0, 0.1) is 0 Å². The molecule has 0 aliphatic carbocycles. The molecule has 0 fully saturated rings. The fraction of sp³-hybridized carbons (Fsp3) is 0.480. The van der Waals surface area contributed by atoms with Crippen molar-refractivity contribution in [2.45, 2.75) is 79.6 Å². The first-order chi connectivity index (χ1) is 13.2. The summed E-state index contributed by atoms with van der Waals surface area (Å²) in [6, 6.07) is 16.7. The molecule has 0 amide bonds. The number of nitrogens with zero attached hydrogens (tertiary/aromatic N) is 3. The maximum Gasteiger partial charge on any atom is 0.115 e. The van der Waals surface area contributed by atoms with Gasteiger partial charge in [-0.15, -0.1) is 0 Å². The molecule has 150 valence electrons. The van der Waals surface area contributed by atoms with Crippen LogP contribution in [0.25, 0.3) is 10.8 Å². The van der Waals surface area contributed by atoms with Crippen molar-refractivity contribution < 1.29 is 0 Å². The van der Waals surface area contributed by atoms with Gasteiger partial charge in [-0.2, -0.15) is 0 Å². The highest BCUT2D eigenvalue weighted by Gasteiger charge is 2.35. The highest BCUT2D eigenvalue weighted by molar-refractivity contribution is 5.88. The normalized spacial score (nSPS) is 12.1. The Balaban J connectivity index is 2.13. The molecule has 0 saturated carbocycles. The fourth-order valence-electron chi connectivity index (χ4n) is 4.35. The van der Waals surface area contributed by atoms with Crippen LogP contribution < -0.4 is 15.2 Å².